The molecule has 33 heavy (non-hydrogen) atoms. The SMILES string of the molecule is CCc1cc(CN2CCC(CNC(=O)CCCSc3ccc(C(C)=O)cc3)CC2)ccc1Cl. The van der Waals surface area contributed by atoms with Crippen molar-refractivity contribution in [2.45, 2.75) is 57.4 Å². The van der Waals surface area contributed by atoms with Crippen LogP contribution in [0.4, 0.5) is 0 Å². The maximum Gasteiger partial charge on any atom is 0.220 e. The molecule has 1 heterocycles. The molecule has 0 atom stereocenters. The van der Waals surface area contributed by atoms with Crippen LogP contribution in [0.1, 0.15) is 61.0 Å². The summed E-state index contributed by atoms with van der Waals surface area (Å²) in [6.07, 6.45) is 4.63. The van der Waals surface area contributed by atoms with Crippen LogP contribution in [0, 0.1) is 5.92 Å². The smallest absolute Gasteiger partial charge is 0.220 e. The molecule has 0 aliphatic carbocycles. The summed E-state index contributed by atoms with van der Waals surface area (Å²) in [5.41, 5.74) is 3.28. The van der Waals surface area contributed by atoms with Gasteiger partial charge >= 0.3 is 0 Å². The molecule has 4 nitrogen and oxygen atoms in total. The van der Waals surface area contributed by atoms with Gasteiger partial charge in [0.1, 0.15) is 0 Å². The Kier molecular flexibility index (Phi) is 10.3. The molecule has 0 saturated carbocycles. The minimum atomic E-state index is 0.0843. The van der Waals surface area contributed by atoms with E-state index >= 15 is 0 Å². The van der Waals surface area contributed by atoms with Crippen molar-refractivity contribution >= 4 is 35.1 Å². The zero-order valence-corrected chi connectivity index (χ0v) is 21.3. The molecule has 178 valence electrons. The molecule has 1 saturated heterocycles. The van der Waals surface area contributed by atoms with E-state index in [9.17, 15) is 9.59 Å². The molecule has 1 N–H and O–H groups in total. The Labute approximate surface area is 207 Å². The van der Waals surface area contributed by atoms with Crippen LogP contribution < -0.4 is 5.32 Å². The van der Waals surface area contributed by atoms with Crippen LogP contribution in [-0.2, 0) is 17.8 Å². The second-order valence-electron chi connectivity index (χ2n) is 8.84. The number of thioether (sulfide) groups is 1. The molecule has 0 radical (unpaired) electrons. The number of likely N-dealkylation sites (tertiary alicyclic amines) is 1. The number of piperidine rings is 1. The molecule has 6 heteroatoms. The highest BCUT2D eigenvalue weighted by Gasteiger charge is 2.20. The molecule has 1 fully saturated rings. The van der Waals surface area contributed by atoms with Crippen molar-refractivity contribution < 1.29 is 9.59 Å². The van der Waals surface area contributed by atoms with Gasteiger partial charge in [-0.15, -0.1) is 11.8 Å². The van der Waals surface area contributed by atoms with Gasteiger partial charge in [-0.2, -0.15) is 0 Å². The van der Waals surface area contributed by atoms with Crippen molar-refractivity contribution in [3.05, 3.63) is 64.2 Å². The summed E-state index contributed by atoms with van der Waals surface area (Å²) in [6, 6.07) is 14.1. The molecule has 0 bridgehead atoms. The summed E-state index contributed by atoms with van der Waals surface area (Å²) in [5.74, 6) is 1.70. The van der Waals surface area contributed by atoms with E-state index < -0.39 is 0 Å². The highest BCUT2D eigenvalue weighted by molar-refractivity contribution is 7.99. The van der Waals surface area contributed by atoms with Gasteiger partial charge in [0.25, 0.3) is 0 Å². The van der Waals surface area contributed by atoms with Gasteiger partial charge in [0.15, 0.2) is 5.78 Å². The second-order valence-corrected chi connectivity index (χ2v) is 10.4. The van der Waals surface area contributed by atoms with Crippen LogP contribution in [0.3, 0.4) is 0 Å². The zero-order chi connectivity index (χ0) is 23.6. The lowest BCUT2D eigenvalue weighted by atomic mass is 9.96. The van der Waals surface area contributed by atoms with Crippen LogP contribution in [0.15, 0.2) is 47.4 Å². The lowest BCUT2D eigenvalue weighted by Crippen LogP contribution is -2.38. The molecule has 2 aromatic rings. The van der Waals surface area contributed by atoms with Gasteiger partial charge in [-0.25, -0.2) is 0 Å². The Morgan fingerprint density at radius 3 is 2.52 bits per heavy atom. The fourth-order valence-corrected chi connectivity index (χ4v) is 5.26. The van der Waals surface area contributed by atoms with Crippen molar-refractivity contribution in [3.8, 4) is 0 Å². The van der Waals surface area contributed by atoms with Gasteiger partial charge < -0.3 is 5.32 Å². The maximum absolute atomic E-state index is 12.2. The molecule has 3 rings (SSSR count). The Hall–Kier alpha value is -1.82. The Morgan fingerprint density at radius 2 is 1.85 bits per heavy atom. The maximum atomic E-state index is 12.2. The molecule has 0 aromatic heterocycles. The first-order valence-corrected chi connectivity index (χ1v) is 13.3. The van der Waals surface area contributed by atoms with E-state index in [1.807, 2.05) is 30.3 Å². The largest absolute Gasteiger partial charge is 0.356 e. The zero-order valence-electron chi connectivity index (χ0n) is 19.7. The Morgan fingerprint density at radius 1 is 1.12 bits per heavy atom. The van der Waals surface area contributed by atoms with E-state index in [0.717, 1.165) is 73.1 Å². The molecule has 1 aliphatic rings. The number of carbonyl (C=O) groups excluding carboxylic acids is 2. The number of hydrogen-bond donors (Lipinski definition) is 1. The van der Waals surface area contributed by atoms with Crippen molar-refractivity contribution in [3.63, 3.8) is 0 Å². The van der Waals surface area contributed by atoms with Crippen LogP contribution in [0.5, 0.6) is 0 Å². The standard InChI is InChI=1S/C27H35ClN2O2S/c1-3-23-17-22(6-11-26(23)28)19-30-14-12-21(13-15-30)18-29-27(32)5-4-16-33-25-9-7-24(8-10-25)20(2)31/h6-11,17,21H,3-5,12-16,18-19H2,1-2H3,(H,29,32). The number of amides is 1. The van der Waals surface area contributed by atoms with Gasteiger partial charge in [0.05, 0.1) is 0 Å². The first-order valence-electron chi connectivity index (χ1n) is 11.9. The van der Waals surface area contributed by atoms with Gasteiger partial charge in [0, 0.05) is 35.0 Å². The number of Topliss-reactive ketones (excluding diaryl/α,β-unsaturated/α-hetero) is 1. The number of ketones is 1. The third kappa shape index (κ3) is 8.47. The van der Waals surface area contributed by atoms with Gasteiger partial charge in [-0.1, -0.05) is 42.8 Å². The summed E-state index contributed by atoms with van der Waals surface area (Å²) in [5, 5.41) is 4.00. The van der Waals surface area contributed by atoms with E-state index in [4.69, 9.17) is 11.6 Å². The number of carbonyl (C=O) groups is 2. The number of aryl methyl sites for hydroxylation is 1. The monoisotopic (exact) mass is 486 g/mol. The van der Waals surface area contributed by atoms with Gasteiger partial charge in [-0.3, -0.25) is 14.5 Å². The molecule has 0 spiro atoms. The number of nitrogens with zero attached hydrogens (tertiary/aromatic N) is 1. The summed E-state index contributed by atoms with van der Waals surface area (Å²) in [4.78, 5) is 27.2. The van der Waals surface area contributed by atoms with E-state index in [-0.39, 0.29) is 11.7 Å². The average Bonchev–Trinajstić information content (AvgIpc) is 2.83. The highest BCUT2D eigenvalue weighted by atomic mass is 35.5. The highest BCUT2D eigenvalue weighted by Crippen LogP contribution is 2.23. The molecule has 2 aromatic carbocycles. The number of rotatable bonds is 11. The number of hydrogen-bond acceptors (Lipinski definition) is 4. The second kappa shape index (κ2) is 13.2. The Bertz CT molecular complexity index is 924. The van der Waals surface area contributed by atoms with Gasteiger partial charge in [-0.05, 0) is 86.7 Å². The normalized spacial score (nSPS) is 14.9. The summed E-state index contributed by atoms with van der Waals surface area (Å²) < 4.78 is 0. The lowest BCUT2D eigenvalue weighted by molar-refractivity contribution is -0.121. The van der Waals surface area contributed by atoms with Crippen LogP contribution in [0.25, 0.3) is 0 Å². The van der Waals surface area contributed by atoms with Crippen molar-refractivity contribution in [2.75, 3.05) is 25.4 Å². The predicted octanol–water partition coefficient (Wildman–Crippen LogP) is 6.01. The summed E-state index contributed by atoms with van der Waals surface area (Å²) >= 11 is 7.97. The van der Waals surface area contributed by atoms with Crippen LogP contribution >= 0.6 is 23.4 Å². The third-order valence-corrected chi connectivity index (χ3v) is 7.74. The molecular weight excluding hydrogens is 452 g/mol. The lowest BCUT2D eigenvalue weighted by Gasteiger charge is -2.32. The minimum Gasteiger partial charge on any atom is -0.356 e. The summed E-state index contributed by atoms with van der Waals surface area (Å²) in [6.45, 7) is 7.62. The Balaban J connectivity index is 1.28. The van der Waals surface area contributed by atoms with Crippen LogP contribution in [-0.4, -0.2) is 42.0 Å². The number of benzene rings is 2. The van der Waals surface area contributed by atoms with Crippen molar-refractivity contribution in [2.24, 2.45) is 5.92 Å². The summed E-state index contributed by atoms with van der Waals surface area (Å²) in [7, 11) is 0. The van der Waals surface area contributed by atoms with Gasteiger partial charge in [0.2, 0.25) is 5.91 Å². The number of nitrogens with one attached hydrogen (secondary N) is 1. The fourth-order valence-electron chi connectivity index (χ4n) is 4.16. The van der Waals surface area contributed by atoms with Crippen molar-refractivity contribution in [1.29, 1.82) is 0 Å². The van der Waals surface area contributed by atoms with E-state index in [0.29, 0.717) is 12.3 Å². The molecule has 1 aliphatic heterocycles. The minimum absolute atomic E-state index is 0.0843. The first-order chi connectivity index (χ1) is 15.9. The first kappa shape index (κ1) is 25.8. The topological polar surface area (TPSA) is 49.4 Å². The van der Waals surface area contributed by atoms with E-state index in [2.05, 4.69) is 29.3 Å². The molecular formula is C27H35ClN2O2S. The number of halogens is 1. The molecule has 1 amide bonds. The van der Waals surface area contributed by atoms with Crippen LogP contribution in [0.2, 0.25) is 5.02 Å². The predicted molar refractivity (Wildman–Crippen MR) is 138 cm³/mol. The quantitative estimate of drug-likeness (QED) is 0.240. The molecule has 0 unspecified atom stereocenters. The average molecular weight is 487 g/mol. The third-order valence-electron chi connectivity index (χ3n) is 6.27. The fraction of sp³-hybridized carbons (Fsp3) is 0.481. The van der Waals surface area contributed by atoms with E-state index in [1.165, 1.54) is 11.1 Å². The van der Waals surface area contributed by atoms with Crippen molar-refractivity contribution in [1.82, 2.24) is 10.2 Å². The van der Waals surface area contributed by atoms with E-state index in [1.54, 1.807) is 18.7 Å².